The van der Waals surface area contributed by atoms with Crippen LogP contribution in [0.2, 0.25) is 0 Å². The Morgan fingerprint density at radius 1 is 0.947 bits per heavy atom. The molecule has 0 bridgehead atoms. The number of benzene rings is 1. The van der Waals surface area contributed by atoms with E-state index in [0.29, 0.717) is 13.2 Å². The normalized spacial score (nSPS) is 18.4. The molecule has 10 heteroatoms. The summed E-state index contributed by atoms with van der Waals surface area (Å²) in [5, 5.41) is 6.70. The summed E-state index contributed by atoms with van der Waals surface area (Å²) >= 11 is 0. The molecular formula is C28H32N5O4P. The number of hydrogen-bond acceptors (Lipinski definition) is 8. The summed E-state index contributed by atoms with van der Waals surface area (Å²) in [7, 11) is 2.25. The predicted molar refractivity (Wildman–Crippen MR) is 149 cm³/mol. The molecule has 0 radical (unpaired) electrons. The molecule has 2 aliphatic rings. The summed E-state index contributed by atoms with van der Waals surface area (Å²) < 4.78 is 24.7. The highest BCUT2D eigenvalue weighted by atomic mass is 31.2. The van der Waals surface area contributed by atoms with Gasteiger partial charge in [-0.25, -0.2) is 9.67 Å². The van der Waals surface area contributed by atoms with Crippen molar-refractivity contribution in [2.24, 2.45) is 0 Å². The highest BCUT2D eigenvalue weighted by Gasteiger charge is 2.24. The summed E-state index contributed by atoms with van der Waals surface area (Å²) in [6.07, 6.45) is 6.75. The smallest absolute Gasteiger partial charge is 0.204 e. The number of hydrogen-bond donors (Lipinski definition) is 0. The third-order valence-electron chi connectivity index (χ3n) is 7.11. The van der Waals surface area contributed by atoms with Crippen LogP contribution in [0.3, 0.4) is 0 Å². The predicted octanol–water partition coefficient (Wildman–Crippen LogP) is 4.93. The zero-order valence-electron chi connectivity index (χ0n) is 21.7. The molecule has 0 saturated carbocycles. The Bertz CT molecular complexity index is 1380. The zero-order valence-corrected chi connectivity index (χ0v) is 22.6. The molecule has 1 aromatic carbocycles. The maximum Gasteiger partial charge on any atom is 0.204 e. The van der Waals surface area contributed by atoms with Crippen LogP contribution in [0.1, 0.15) is 25.5 Å². The second kappa shape index (κ2) is 11.4. The van der Waals surface area contributed by atoms with E-state index in [-0.39, 0.29) is 6.23 Å². The summed E-state index contributed by atoms with van der Waals surface area (Å²) in [4.78, 5) is 12.3. The molecule has 1 unspecified atom stereocenters. The lowest BCUT2D eigenvalue weighted by Gasteiger charge is -2.29. The maximum atomic E-state index is 6.07. The van der Waals surface area contributed by atoms with Crippen LogP contribution >= 0.6 is 8.38 Å². The number of rotatable bonds is 7. The average molecular weight is 534 g/mol. The van der Waals surface area contributed by atoms with Crippen molar-refractivity contribution in [3.8, 4) is 22.5 Å². The number of pyridine rings is 2. The van der Waals surface area contributed by atoms with Gasteiger partial charge in [0.05, 0.1) is 18.9 Å². The summed E-state index contributed by atoms with van der Waals surface area (Å²) in [6.45, 7) is 3.72. The molecule has 1 atom stereocenters. The van der Waals surface area contributed by atoms with Crippen molar-refractivity contribution < 1.29 is 18.5 Å². The monoisotopic (exact) mass is 533 g/mol. The first-order valence-electron chi connectivity index (χ1n) is 13.0. The van der Waals surface area contributed by atoms with Crippen LogP contribution < -0.4 is 10.2 Å². The molecule has 0 spiro atoms. The lowest BCUT2D eigenvalue weighted by molar-refractivity contribution is -0.0383. The van der Waals surface area contributed by atoms with Gasteiger partial charge in [0.2, 0.25) is 8.38 Å². The van der Waals surface area contributed by atoms with E-state index in [1.165, 1.54) is 0 Å². The fourth-order valence-corrected chi connectivity index (χ4v) is 6.18. The molecule has 4 aromatic rings. The third-order valence-corrected chi connectivity index (χ3v) is 8.49. The van der Waals surface area contributed by atoms with Gasteiger partial charge >= 0.3 is 0 Å². The second-order valence-corrected chi connectivity index (χ2v) is 11.1. The average Bonchev–Trinajstić information content (AvgIpc) is 3.48. The van der Waals surface area contributed by atoms with Crippen LogP contribution in [-0.2, 0) is 18.5 Å². The second-order valence-electron chi connectivity index (χ2n) is 9.33. The first kappa shape index (κ1) is 25.3. The van der Waals surface area contributed by atoms with Crippen molar-refractivity contribution in [3.63, 3.8) is 0 Å². The van der Waals surface area contributed by atoms with Crippen molar-refractivity contribution in [1.29, 1.82) is 0 Å². The van der Waals surface area contributed by atoms with Gasteiger partial charge in [-0.15, -0.1) is 0 Å². The Morgan fingerprint density at radius 2 is 1.76 bits per heavy atom. The molecule has 2 saturated heterocycles. The van der Waals surface area contributed by atoms with Crippen LogP contribution in [0.15, 0.2) is 54.9 Å². The quantitative estimate of drug-likeness (QED) is 0.310. The van der Waals surface area contributed by atoms with Crippen LogP contribution in [0.5, 0.6) is 0 Å². The highest BCUT2D eigenvalue weighted by molar-refractivity contribution is 7.55. The molecule has 198 valence electrons. The molecule has 6 rings (SSSR count). The maximum absolute atomic E-state index is 6.07. The van der Waals surface area contributed by atoms with Crippen LogP contribution in [0, 0.1) is 0 Å². The van der Waals surface area contributed by atoms with Gasteiger partial charge < -0.3 is 23.4 Å². The number of aromatic nitrogens is 4. The van der Waals surface area contributed by atoms with E-state index in [0.717, 1.165) is 83.5 Å². The zero-order chi connectivity index (χ0) is 25.9. The molecular weight excluding hydrogens is 501 g/mol. The number of morpholine rings is 1. The topological polar surface area (TPSA) is 83.8 Å². The molecule has 2 aliphatic heterocycles. The standard InChI is InChI=1S/C28H32N5O4P/c1-34-38(35-2)21-8-6-20(7-9-21)23-19-25(32-14-17-36-18-15-32)31-27-22(23)10-12-29-28(27)24-11-13-30-33(24)26-5-3-4-16-37-26/h6-13,19,26H,3-5,14-18H2,1-2H3. The van der Waals surface area contributed by atoms with Crippen molar-refractivity contribution in [2.45, 2.75) is 25.5 Å². The molecule has 0 aliphatic carbocycles. The van der Waals surface area contributed by atoms with Crippen molar-refractivity contribution in [3.05, 3.63) is 54.9 Å². The summed E-state index contributed by atoms with van der Waals surface area (Å²) in [5.74, 6) is 0.921. The van der Waals surface area contributed by atoms with E-state index >= 15 is 0 Å². The largest absolute Gasteiger partial charge is 0.378 e. The van der Waals surface area contributed by atoms with Gasteiger partial charge in [0.1, 0.15) is 17.0 Å². The molecule has 3 aromatic heterocycles. The molecule has 9 nitrogen and oxygen atoms in total. The third kappa shape index (κ3) is 4.93. The van der Waals surface area contributed by atoms with Gasteiger partial charge in [0, 0.05) is 57.0 Å². The van der Waals surface area contributed by atoms with Crippen molar-refractivity contribution in [2.75, 3.05) is 52.0 Å². The van der Waals surface area contributed by atoms with E-state index in [1.54, 1.807) is 14.2 Å². The Kier molecular flexibility index (Phi) is 7.63. The first-order chi connectivity index (χ1) is 18.8. The lowest BCUT2D eigenvalue weighted by atomic mass is 10.00. The van der Waals surface area contributed by atoms with Crippen molar-refractivity contribution in [1.82, 2.24) is 19.7 Å². The Balaban J connectivity index is 1.50. The molecule has 2 fully saturated rings. The van der Waals surface area contributed by atoms with E-state index in [9.17, 15) is 0 Å². The summed E-state index contributed by atoms with van der Waals surface area (Å²) in [5.41, 5.74) is 4.78. The van der Waals surface area contributed by atoms with Gasteiger partial charge in [0.15, 0.2) is 6.23 Å². The fraction of sp³-hybridized carbons (Fsp3) is 0.393. The molecule has 5 heterocycles. The van der Waals surface area contributed by atoms with Crippen LogP contribution in [0.4, 0.5) is 5.82 Å². The van der Waals surface area contributed by atoms with Gasteiger partial charge in [-0.3, -0.25) is 4.98 Å². The van der Waals surface area contributed by atoms with Crippen LogP contribution in [0.25, 0.3) is 33.4 Å². The minimum Gasteiger partial charge on any atom is -0.378 e. The molecule has 38 heavy (non-hydrogen) atoms. The van der Waals surface area contributed by atoms with E-state index in [4.69, 9.17) is 28.5 Å². The van der Waals surface area contributed by atoms with Gasteiger partial charge in [-0.2, -0.15) is 5.10 Å². The van der Waals surface area contributed by atoms with Gasteiger partial charge in [-0.1, -0.05) is 12.1 Å². The first-order valence-corrected chi connectivity index (χ1v) is 14.2. The SMILES string of the molecule is COP(OC)c1ccc(-c2cc(N3CCOCC3)nc3c(-c4ccnn4C4CCCCO4)nccc23)cc1. The van der Waals surface area contributed by atoms with E-state index in [2.05, 4.69) is 40.3 Å². The number of fused-ring (bicyclic) bond motifs is 1. The Hall–Kier alpha value is -2.94. The fourth-order valence-electron chi connectivity index (χ4n) is 5.21. The van der Waals surface area contributed by atoms with E-state index < -0.39 is 8.38 Å². The Morgan fingerprint density at radius 3 is 2.50 bits per heavy atom. The lowest BCUT2D eigenvalue weighted by Crippen LogP contribution is -2.36. The van der Waals surface area contributed by atoms with Gasteiger partial charge in [-0.05, 0) is 60.7 Å². The minimum absolute atomic E-state index is 0.0864. The summed E-state index contributed by atoms with van der Waals surface area (Å²) in [6, 6.07) is 14.6. The van der Waals surface area contributed by atoms with Crippen LogP contribution in [-0.4, -0.2) is 66.9 Å². The molecule has 0 amide bonds. The number of ether oxygens (including phenoxy) is 2. The number of nitrogens with zero attached hydrogens (tertiary/aromatic N) is 5. The number of anilines is 1. The minimum atomic E-state index is -1.09. The van der Waals surface area contributed by atoms with E-state index in [1.807, 2.05) is 29.2 Å². The highest BCUT2D eigenvalue weighted by Crippen LogP contribution is 2.38. The van der Waals surface area contributed by atoms with Gasteiger partial charge in [0.25, 0.3) is 0 Å². The molecule has 0 N–H and O–H groups in total. The van der Waals surface area contributed by atoms with Crippen molar-refractivity contribution >= 4 is 30.4 Å². The Labute approximate surface area is 223 Å².